The molecule has 1 saturated heterocycles. The van der Waals surface area contributed by atoms with Crippen molar-refractivity contribution in [3.63, 3.8) is 0 Å². The van der Waals surface area contributed by atoms with E-state index in [0.29, 0.717) is 6.04 Å². The van der Waals surface area contributed by atoms with Crippen LogP contribution in [0.15, 0.2) is 24.3 Å². The summed E-state index contributed by atoms with van der Waals surface area (Å²) in [5, 5.41) is 13.1. The van der Waals surface area contributed by atoms with Crippen molar-refractivity contribution in [2.75, 3.05) is 26.2 Å². The highest BCUT2D eigenvalue weighted by molar-refractivity contribution is 7.80. The van der Waals surface area contributed by atoms with Crippen molar-refractivity contribution >= 4 is 17.3 Å². The lowest BCUT2D eigenvalue weighted by molar-refractivity contribution is 0.174. The summed E-state index contributed by atoms with van der Waals surface area (Å²) in [4.78, 5) is 4.72. The number of thiocarbonyl (C=S) groups is 1. The van der Waals surface area contributed by atoms with Crippen molar-refractivity contribution in [1.29, 1.82) is 5.26 Å². The zero-order valence-electron chi connectivity index (χ0n) is 12.1. The maximum atomic E-state index is 8.81. The third kappa shape index (κ3) is 3.93. The molecule has 0 amide bonds. The minimum absolute atomic E-state index is 0.633. The van der Waals surface area contributed by atoms with Crippen LogP contribution in [-0.2, 0) is 6.54 Å². The molecule has 1 aliphatic heterocycles. The van der Waals surface area contributed by atoms with E-state index in [9.17, 15) is 0 Å². The molecule has 0 atom stereocenters. The van der Waals surface area contributed by atoms with E-state index in [1.165, 1.54) is 18.4 Å². The molecule has 2 aliphatic rings. The Labute approximate surface area is 131 Å². The van der Waals surface area contributed by atoms with Crippen LogP contribution in [0.4, 0.5) is 0 Å². The van der Waals surface area contributed by atoms with Crippen molar-refractivity contribution in [1.82, 2.24) is 15.1 Å². The lowest BCUT2D eigenvalue weighted by Crippen LogP contribution is -2.51. The maximum absolute atomic E-state index is 8.81. The second-order valence-corrected chi connectivity index (χ2v) is 6.18. The second kappa shape index (κ2) is 6.42. The van der Waals surface area contributed by atoms with E-state index < -0.39 is 0 Å². The number of benzene rings is 1. The first-order valence-electron chi connectivity index (χ1n) is 7.51. The van der Waals surface area contributed by atoms with Crippen molar-refractivity contribution < 1.29 is 0 Å². The Balaban J connectivity index is 1.46. The van der Waals surface area contributed by atoms with Crippen LogP contribution < -0.4 is 5.32 Å². The highest BCUT2D eigenvalue weighted by Crippen LogP contribution is 2.19. The molecule has 1 aliphatic carbocycles. The van der Waals surface area contributed by atoms with Gasteiger partial charge in [0.1, 0.15) is 0 Å². The molecule has 3 rings (SSSR count). The van der Waals surface area contributed by atoms with Gasteiger partial charge in [0.25, 0.3) is 0 Å². The molecule has 0 bridgehead atoms. The highest BCUT2D eigenvalue weighted by Gasteiger charge is 2.25. The minimum atomic E-state index is 0.633. The summed E-state index contributed by atoms with van der Waals surface area (Å²) in [6, 6.07) is 10.7. The van der Waals surface area contributed by atoms with Gasteiger partial charge in [-0.25, -0.2) is 0 Å². The smallest absolute Gasteiger partial charge is 0.169 e. The van der Waals surface area contributed by atoms with E-state index in [4.69, 9.17) is 17.5 Å². The molecule has 21 heavy (non-hydrogen) atoms. The fraction of sp³-hybridized carbons (Fsp3) is 0.500. The van der Waals surface area contributed by atoms with Gasteiger partial charge in [0.05, 0.1) is 11.6 Å². The molecule has 1 N–H and O–H groups in total. The Bertz CT molecular complexity index is 536. The molecule has 110 valence electrons. The van der Waals surface area contributed by atoms with Gasteiger partial charge in [0, 0.05) is 38.8 Å². The van der Waals surface area contributed by atoms with E-state index in [-0.39, 0.29) is 0 Å². The van der Waals surface area contributed by atoms with Crippen molar-refractivity contribution in [3.05, 3.63) is 35.4 Å². The van der Waals surface area contributed by atoms with E-state index in [1.807, 2.05) is 24.3 Å². The molecule has 0 radical (unpaired) electrons. The minimum Gasteiger partial charge on any atom is -0.360 e. The summed E-state index contributed by atoms with van der Waals surface area (Å²) in [6.45, 7) is 5.00. The SMILES string of the molecule is N#Cc1ccc(CN2CCN(C(=S)NC3CC3)CC2)cc1. The van der Waals surface area contributed by atoms with E-state index in [0.717, 1.165) is 43.4 Å². The molecule has 0 unspecified atom stereocenters. The first-order valence-corrected chi connectivity index (χ1v) is 7.92. The number of nitrogens with one attached hydrogen (secondary N) is 1. The van der Waals surface area contributed by atoms with Gasteiger partial charge in [-0.1, -0.05) is 12.1 Å². The van der Waals surface area contributed by atoms with E-state index in [2.05, 4.69) is 21.2 Å². The van der Waals surface area contributed by atoms with Crippen LogP contribution in [0.25, 0.3) is 0 Å². The zero-order valence-corrected chi connectivity index (χ0v) is 12.9. The molecular formula is C16H20N4S. The average Bonchev–Trinajstić information content (AvgIpc) is 3.33. The number of hydrogen-bond donors (Lipinski definition) is 1. The van der Waals surface area contributed by atoms with Gasteiger partial charge in [0.15, 0.2) is 5.11 Å². The van der Waals surface area contributed by atoms with Crippen LogP contribution in [0, 0.1) is 11.3 Å². The van der Waals surface area contributed by atoms with Gasteiger partial charge in [-0.2, -0.15) is 5.26 Å². The molecule has 1 heterocycles. The van der Waals surface area contributed by atoms with E-state index in [1.54, 1.807) is 0 Å². The Morgan fingerprint density at radius 2 is 1.86 bits per heavy atom. The van der Waals surface area contributed by atoms with Gasteiger partial charge in [-0.3, -0.25) is 4.90 Å². The molecule has 2 fully saturated rings. The number of hydrogen-bond acceptors (Lipinski definition) is 3. The Kier molecular flexibility index (Phi) is 4.37. The Morgan fingerprint density at radius 3 is 2.43 bits per heavy atom. The van der Waals surface area contributed by atoms with Gasteiger partial charge < -0.3 is 10.2 Å². The predicted molar refractivity (Wildman–Crippen MR) is 86.8 cm³/mol. The molecule has 5 heteroatoms. The number of piperazine rings is 1. The number of nitrogens with zero attached hydrogens (tertiary/aromatic N) is 3. The van der Waals surface area contributed by atoms with Crippen LogP contribution in [0.2, 0.25) is 0 Å². The highest BCUT2D eigenvalue weighted by atomic mass is 32.1. The molecule has 4 nitrogen and oxygen atoms in total. The van der Waals surface area contributed by atoms with Crippen LogP contribution in [0.5, 0.6) is 0 Å². The van der Waals surface area contributed by atoms with Gasteiger partial charge in [0.2, 0.25) is 0 Å². The van der Waals surface area contributed by atoms with Gasteiger partial charge >= 0.3 is 0 Å². The average molecular weight is 300 g/mol. The fourth-order valence-corrected chi connectivity index (χ4v) is 2.89. The number of nitriles is 1. The lowest BCUT2D eigenvalue weighted by Gasteiger charge is -2.36. The van der Waals surface area contributed by atoms with Crippen molar-refractivity contribution in [2.45, 2.75) is 25.4 Å². The molecule has 1 saturated carbocycles. The normalized spacial score (nSPS) is 19.1. The van der Waals surface area contributed by atoms with Crippen LogP contribution >= 0.6 is 12.2 Å². The summed E-state index contributed by atoms with van der Waals surface area (Å²) in [5.74, 6) is 0. The van der Waals surface area contributed by atoms with Crippen LogP contribution in [0.1, 0.15) is 24.0 Å². The number of rotatable bonds is 3. The monoisotopic (exact) mass is 300 g/mol. The summed E-state index contributed by atoms with van der Waals surface area (Å²) < 4.78 is 0. The van der Waals surface area contributed by atoms with Gasteiger partial charge in [-0.15, -0.1) is 0 Å². The standard InChI is InChI=1S/C16H20N4S/c17-11-13-1-3-14(4-2-13)12-19-7-9-20(10-8-19)16(21)18-15-5-6-15/h1-4,15H,5-10,12H2,(H,18,21). The topological polar surface area (TPSA) is 42.3 Å². The largest absolute Gasteiger partial charge is 0.360 e. The maximum Gasteiger partial charge on any atom is 0.169 e. The zero-order chi connectivity index (χ0) is 14.7. The van der Waals surface area contributed by atoms with Crippen molar-refractivity contribution in [2.24, 2.45) is 0 Å². The van der Waals surface area contributed by atoms with Crippen LogP contribution in [0.3, 0.4) is 0 Å². The third-order valence-electron chi connectivity index (χ3n) is 4.05. The fourth-order valence-electron chi connectivity index (χ4n) is 2.55. The summed E-state index contributed by atoms with van der Waals surface area (Å²) in [7, 11) is 0. The summed E-state index contributed by atoms with van der Waals surface area (Å²) in [5.41, 5.74) is 1.99. The molecule has 1 aromatic carbocycles. The molecule has 0 spiro atoms. The van der Waals surface area contributed by atoms with E-state index >= 15 is 0 Å². The predicted octanol–water partition coefficient (Wildman–Crippen LogP) is 1.71. The molecule has 0 aromatic heterocycles. The summed E-state index contributed by atoms with van der Waals surface area (Å²) >= 11 is 5.45. The Hall–Kier alpha value is -1.64. The lowest BCUT2D eigenvalue weighted by atomic mass is 10.1. The first kappa shape index (κ1) is 14.3. The summed E-state index contributed by atoms with van der Waals surface area (Å²) in [6.07, 6.45) is 2.53. The quantitative estimate of drug-likeness (QED) is 0.861. The third-order valence-corrected chi connectivity index (χ3v) is 4.43. The van der Waals surface area contributed by atoms with Crippen molar-refractivity contribution in [3.8, 4) is 6.07 Å². The van der Waals surface area contributed by atoms with Gasteiger partial charge in [-0.05, 0) is 42.8 Å². The first-order chi connectivity index (χ1) is 10.2. The molecular weight excluding hydrogens is 280 g/mol. The molecule has 1 aromatic rings. The Morgan fingerprint density at radius 1 is 1.19 bits per heavy atom. The van der Waals surface area contributed by atoms with Crippen LogP contribution in [-0.4, -0.2) is 47.1 Å². The second-order valence-electron chi connectivity index (χ2n) is 5.80.